The topological polar surface area (TPSA) is 23.5 Å². The van der Waals surface area contributed by atoms with Crippen LogP contribution < -0.4 is 0 Å². The van der Waals surface area contributed by atoms with Crippen LogP contribution in [-0.2, 0) is 0 Å². The molecule has 2 nitrogen and oxygen atoms in total. The first kappa shape index (κ1) is 10.7. The van der Waals surface area contributed by atoms with Crippen molar-refractivity contribution >= 4 is 22.6 Å². The van der Waals surface area contributed by atoms with E-state index in [1.165, 1.54) is 4.43 Å². The van der Waals surface area contributed by atoms with Crippen LogP contribution in [0.3, 0.4) is 0 Å². The van der Waals surface area contributed by atoms with Gasteiger partial charge in [-0.05, 0) is 6.42 Å². The zero-order valence-electron chi connectivity index (χ0n) is 7.89. The third-order valence-corrected chi connectivity index (χ3v) is 3.14. The molecular formula is C9H18INO. The molecule has 1 atom stereocenters. The minimum atomic E-state index is -0.108. The second-order valence-corrected chi connectivity index (χ2v) is 5.34. The summed E-state index contributed by atoms with van der Waals surface area (Å²) in [7, 11) is 0. The largest absolute Gasteiger partial charge is 0.392 e. The fraction of sp³-hybridized carbons (Fsp3) is 1.00. The lowest BCUT2D eigenvalue weighted by Gasteiger charge is -2.41. The number of alkyl halides is 1. The van der Waals surface area contributed by atoms with Crippen LogP contribution in [0, 0.1) is 5.41 Å². The number of halogens is 1. The minimum absolute atomic E-state index is 0.0874. The van der Waals surface area contributed by atoms with Gasteiger partial charge in [-0.3, -0.25) is 0 Å². The lowest BCUT2D eigenvalue weighted by molar-refractivity contribution is -0.0221. The highest BCUT2D eigenvalue weighted by Crippen LogP contribution is 2.28. The van der Waals surface area contributed by atoms with Crippen molar-refractivity contribution in [3.63, 3.8) is 0 Å². The third kappa shape index (κ3) is 2.57. The van der Waals surface area contributed by atoms with Crippen LogP contribution in [0.25, 0.3) is 0 Å². The quantitative estimate of drug-likeness (QED) is 0.613. The molecule has 1 saturated heterocycles. The molecule has 12 heavy (non-hydrogen) atoms. The van der Waals surface area contributed by atoms with Gasteiger partial charge in [-0.2, -0.15) is 0 Å². The van der Waals surface area contributed by atoms with Crippen LogP contribution in [0.4, 0.5) is 0 Å². The van der Waals surface area contributed by atoms with Crippen molar-refractivity contribution in [1.29, 1.82) is 0 Å². The van der Waals surface area contributed by atoms with Gasteiger partial charge in [-0.1, -0.05) is 36.4 Å². The molecule has 1 heterocycles. The summed E-state index contributed by atoms with van der Waals surface area (Å²) in [5, 5.41) is 9.69. The number of hydrogen-bond donors (Lipinski definition) is 1. The van der Waals surface area contributed by atoms with Gasteiger partial charge in [0.05, 0.1) is 6.10 Å². The Kier molecular flexibility index (Phi) is 3.79. The standard InChI is InChI=1S/C9H18INO/c1-9(2)7-11(6-4-10)5-3-8(9)12/h8,12H,3-7H2,1-2H3. The van der Waals surface area contributed by atoms with Crippen molar-refractivity contribution in [2.75, 3.05) is 24.1 Å². The Hall–Kier alpha value is 0.650. The molecule has 0 bridgehead atoms. The first-order chi connectivity index (χ1) is 5.56. The fourth-order valence-electron chi connectivity index (χ4n) is 1.77. The Morgan fingerprint density at radius 2 is 2.25 bits per heavy atom. The highest BCUT2D eigenvalue weighted by molar-refractivity contribution is 14.1. The summed E-state index contributed by atoms with van der Waals surface area (Å²) >= 11 is 2.40. The number of likely N-dealkylation sites (tertiary alicyclic amines) is 1. The third-order valence-electron chi connectivity index (χ3n) is 2.65. The van der Waals surface area contributed by atoms with Gasteiger partial charge >= 0.3 is 0 Å². The van der Waals surface area contributed by atoms with E-state index in [0.29, 0.717) is 0 Å². The van der Waals surface area contributed by atoms with Gasteiger partial charge in [0, 0.05) is 29.5 Å². The van der Waals surface area contributed by atoms with E-state index in [2.05, 4.69) is 41.3 Å². The summed E-state index contributed by atoms with van der Waals surface area (Å²) in [4.78, 5) is 2.44. The van der Waals surface area contributed by atoms with Crippen LogP contribution in [0.5, 0.6) is 0 Å². The van der Waals surface area contributed by atoms with E-state index in [-0.39, 0.29) is 11.5 Å². The molecule has 0 saturated carbocycles. The summed E-state index contributed by atoms with van der Waals surface area (Å²) in [5.41, 5.74) is 0.0874. The maximum atomic E-state index is 9.69. The molecule has 72 valence electrons. The van der Waals surface area contributed by atoms with Gasteiger partial charge in [0.2, 0.25) is 0 Å². The van der Waals surface area contributed by atoms with Crippen LogP contribution in [0.1, 0.15) is 20.3 Å². The highest BCUT2D eigenvalue weighted by atomic mass is 127. The number of hydrogen-bond acceptors (Lipinski definition) is 2. The van der Waals surface area contributed by atoms with Crippen LogP contribution >= 0.6 is 22.6 Å². The summed E-state index contributed by atoms with van der Waals surface area (Å²) in [6, 6.07) is 0. The van der Waals surface area contributed by atoms with E-state index in [9.17, 15) is 5.11 Å². The van der Waals surface area contributed by atoms with Gasteiger partial charge < -0.3 is 10.0 Å². The number of piperidine rings is 1. The summed E-state index contributed by atoms with van der Waals surface area (Å²) < 4.78 is 1.18. The number of aliphatic hydroxyl groups excluding tert-OH is 1. The monoisotopic (exact) mass is 283 g/mol. The van der Waals surface area contributed by atoms with E-state index in [0.717, 1.165) is 26.1 Å². The van der Waals surface area contributed by atoms with Gasteiger partial charge in [0.25, 0.3) is 0 Å². The molecule has 0 spiro atoms. The van der Waals surface area contributed by atoms with Crippen molar-refractivity contribution in [3.8, 4) is 0 Å². The van der Waals surface area contributed by atoms with Crippen molar-refractivity contribution in [1.82, 2.24) is 4.90 Å². The van der Waals surface area contributed by atoms with Gasteiger partial charge in [0.1, 0.15) is 0 Å². The summed E-state index contributed by atoms with van der Waals surface area (Å²) in [5.74, 6) is 0. The molecule has 1 aliphatic heterocycles. The Morgan fingerprint density at radius 1 is 1.58 bits per heavy atom. The highest BCUT2D eigenvalue weighted by Gasteiger charge is 2.33. The Labute approximate surface area is 88.5 Å². The average Bonchev–Trinajstić information content (AvgIpc) is 1.97. The van der Waals surface area contributed by atoms with E-state index < -0.39 is 0 Å². The first-order valence-electron chi connectivity index (χ1n) is 4.52. The molecule has 1 rings (SSSR count). The predicted octanol–water partition coefficient (Wildman–Crippen LogP) is 1.51. The van der Waals surface area contributed by atoms with Gasteiger partial charge in [-0.25, -0.2) is 0 Å². The smallest absolute Gasteiger partial charge is 0.0615 e. The number of nitrogens with zero attached hydrogens (tertiary/aromatic N) is 1. The van der Waals surface area contributed by atoms with E-state index in [1.54, 1.807) is 0 Å². The molecule has 0 aromatic heterocycles. The molecule has 0 aliphatic carbocycles. The van der Waals surface area contributed by atoms with Crippen molar-refractivity contribution < 1.29 is 5.11 Å². The SMILES string of the molecule is CC1(C)CN(CCI)CCC1O. The first-order valence-corrected chi connectivity index (χ1v) is 6.05. The number of rotatable bonds is 2. The molecule has 0 aromatic rings. The maximum absolute atomic E-state index is 9.69. The minimum Gasteiger partial charge on any atom is -0.392 e. The maximum Gasteiger partial charge on any atom is 0.0615 e. The van der Waals surface area contributed by atoms with Crippen molar-refractivity contribution in [2.45, 2.75) is 26.4 Å². The Morgan fingerprint density at radius 3 is 2.75 bits per heavy atom. The lowest BCUT2D eigenvalue weighted by Crippen LogP contribution is -2.48. The molecule has 1 aliphatic rings. The molecule has 1 N–H and O–H groups in total. The average molecular weight is 283 g/mol. The van der Waals surface area contributed by atoms with E-state index in [4.69, 9.17) is 0 Å². The zero-order chi connectivity index (χ0) is 9.19. The van der Waals surface area contributed by atoms with Crippen molar-refractivity contribution in [3.05, 3.63) is 0 Å². The zero-order valence-corrected chi connectivity index (χ0v) is 10.0. The van der Waals surface area contributed by atoms with Gasteiger partial charge in [-0.15, -0.1) is 0 Å². The Bertz CT molecular complexity index is 149. The number of aliphatic hydroxyl groups is 1. The summed E-state index contributed by atoms with van der Waals surface area (Å²) in [6.07, 6.45) is 0.826. The summed E-state index contributed by atoms with van der Waals surface area (Å²) in [6.45, 7) is 7.56. The van der Waals surface area contributed by atoms with Crippen LogP contribution in [0.15, 0.2) is 0 Å². The van der Waals surface area contributed by atoms with Crippen LogP contribution in [0.2, 0.25) is 0 Å². The molecule has 3 heteroatoms. The second-order valence-electron chi connectivity index (χ2n) is 4.26. The van der Waals surface area contributed by atoms with Crippen molar-refractivity contribution in [2.24, 2.45) is 5.41 Å². The molecule has 1 unspecified atom stereocenters. The molecular weight excluding hydrogens is 265 g/mol. The molecule has 1 fully saturated rings. The van der Waals surface area contributed by atoms with E-state index in [1.807, 2.05) is 0 Å². The Balaban J connectivity index is 2.45. The normalized spacial score (nSPS) is 30.5. The molecule has 0 radical (unpaired) electrons. The lowest BCUT2D eigenvalue weighted by atomic mass is 9.81. The fourth-order valence-corrected chi connectivity index (χ4v) is 2.45. The van der Waals surface area contributed by atoms with Gasteiger partial charge in [0.15, 0.2) is 0 Å². The molecule has 0 amide bonds. The van der Waals surface area contributed by atoms with Crippen LogP contribution in [-0.4, -0.2) is 40.2 Å². The molecule has 0 aromatic carbocycles. The second kappa shape index (κ2) is 4.24. The van der Waals surface area contributed by atoms with E-state index >= 15 is 0 Å². The predicted molar refractivity (Wildman–Crippen MR) is 59.7 cm³/mol.